The van der Waals surface area contributed by atoms with Gasteiger partial charge in [-0.1, -0.05) is 140 Å². The maximum atomic E-state index is 6.54. The summed E-state index contributed by atoms with van der Waals surface area (Å²) in [6.07, 6.45) is -0.375. The van der Waals surface area contributed by atoms with Crippen molar-refractivity contribution in [3.63, 3.8) is 0 Å². The van der Waals surface area contributed by atoms with Gasteiger partial charge in [0.05, 0.1) is 0 Å². The van der Waals surface area contributed by atoms with E-state index in [2.05, 4.69) is 163 Å². The number of hydrogen-bond donors (Lipinski definition) is 1. The summed E-state index contributed by atoms with van der Waals surface area (Å²) in [5.41, 5.74) is 7.01. The second kappa shape index (κ2) is 12.2. The monoisotopic (exact) mass is 733 g/mol. The van der Waals surface area contributed by atoms with Gasteiger partial charge in [-0.25, -0.2) is 9.98 Å². The molecule has 0 amide bonds. The van der Waals surface area contributed by atoms with Crippen LogP contribution < -0.4 is 5.32 Å². The quantitative estimate of drug-likeness (QED) is 0.183. The van der Waals surface area contributed by atoms with Gasteiger partial charge in [0, 0.05) is 47.6 Å². The van der Waals surface area contributed by atoms with E-state index in [0.717, 1.165) is 50.0 Å². The highest BCUT2D eigenvalue weighted by atomic mass is 32.1. The summed E-state index contributed by atoms with van der Waals surface area (Å²) in [6.45, 7) is 0. The fourth-order valence-corrected chi connectivity index (χ4v) is 9.88. The number of benzene rings is 9. The Bertz CT molecular complexity index is 3460. The molecule has 1 N–H and O–H groups in total. The van der Waals surface area contributed by atoms with Crippen LogP contribution in [0.1, 0.15) is 22.9 Å². The Balaban J connectivity index is 1.04. The Morgan fingerprint density at radius 3 is 2.09 bits per heavy atom. The van der Waals surface area contributed by atoms with Crippen LogP contribution in [0.3, 0.4) is 0 Å². The first-order valence-electron chi connectivity index (χ1n) is 18.9. The number of nitrogens with one attached hydrogen (secondary N) is 1. The largest absolute Gasteiger partial charge is 0.456 e. The molecule has 3 heterocycles. The normalized spacial score (nSPS) is 14.6. The van der Waals surface area contributed by atoms with Gasteiger partial charge >= 0.3 is 0 Å². The Kier molecular flexibility index (Phi) is 6.83. The van der Waals surface area contributed by atoms with Crippen molar-refractivity contribution in [3.8, 4) is 11.1 Å². The van der Waals surface area contributed by atoms with E-state index in [-0.39, 0.29) is 6.17 Å². The molecule has 12 rings (SSSR count). The van der Waals surface area contributed by atoms with Crippen LogP contribution in [0.4, 0.5) is 0 Å². The number of rotatable bonds is 4. The van der Waals surface area contributed by atoms with Gasteiger partial charge in [-0.2, -0.15) is 0 Å². The van der Waals surface area contributed by atoms with Gasteiger partial charge in [0.25, 0.3) is 0 Å². The smallest absolute Gasteiger partial charge is 0.160 e. The summed E-state index contributed by atoms with van der Waals surface area (Å²) >= 11 is 1.87. The Morgan fingerprint density at radius 2 is 1.21 bits per heavy atom. The first-order valence-corrected chi connectivity index (χ1v) is 19.7. The number of amidine groups is 2. The highest BCUT2D eigenvalue weighted by Gasteiger charge is 2.25. The molecule has 1 aliphatic rings. The molecule has 1 aliphatic heterocycles. The van der Waals surface area contributed by atoms with Crippen LogP contribution in [-0.2, 0) is 0 Å². The minimum absolute atomic E-state index is 0.375. The zero-order valence-electron chi connectivity index (χ0n) is 30.0. The first kappa shape index (κ1) is 31.3. The lowest BCUT2D eigenvalue weighted by Gasteiger charge is -2.25. The Hall–Kier alpha value is -7.08. The number of fused-ring (bicyclic) bond motifs is 11. The molecule has 262 valence electrons. The van der Waals surface area contributed by atoms with Gasteiger partial charge in [-0.3, -0.25) is 0 Å². The van der Waals surface area contributed by atoms with E-state index in [1.54, 1.807) is 0 Å². The van der Waals surface area contributed by atoms with E-state index in [9.17, 15) is 0 Å². The van der Waals surface area contributed by atoms with E-state index >= 15 is 0 Å². The third-order valence-electron chi connectivity index (χ3n) is 11.3. The van der Waals surface area contributed by atoms with Crippen LogP contribution in [0.15, 0.2) is 190 Å². The highest BCUT2D eigenvalue weighted by molar-refractivity contribution is 7.26. The lowest BCUT2D eigenvalue weighted by Crippen LogP contribution is -2.33. The molecule has 11 aromatic rings. The number of hydrogen-bond acceptors (Lipinski definition) is 5. The molecule has 56 heavy (non-hydrogen) atoms. The Labute approximate surface area is 325 Å². The van der Waals surface area contributed by atoms with Crippen LogP contribution in [0.5, 0.6) is 0 Å². The van der Waals surface area contributed by atoms with Gasteiger partial charge in [0.2, 0.25) is 0 Å². The molecule has 1 unspecified atom stereocenters. The van der Waals surface area contributed by atoms with E-state index in [1.807, 2.05) is 29.5 Å². The van der Waals surface area contributed by atoms with Crippen molar-refractivity contribution in [1.82, 2.24) is 5.32 Å². The van der Waals surface area contributed by atoms with E-state index in [0.29, 0.717) is 5.84 Å². The molecule has 0 aliphatic carbocycles. The zero-order valence-corrected chi connectivity index (χ0v) is 30.8. The van der Waals surface area contributed by atoms with Crippen LogP contribution >= 0.6 is 11.3 Å². The standard InChI is InChI=1S/C51H31N3OS/c1-2-12-31(13-3-1)49-52-50(54-51(53-49)42-29-34-14-5-6-15-35(34)37-17-8-9-18-38(37)42)40-19-10-20-45-47(40)43-28-32(22-25-44(43)55-45)33-23-26-46-41(27-33)39-24-21-30-11-4-7-16-36(30)48(39)56-46/h1-29,51H,(H,52,53,54). The molecule has 0 bridgehead atoms. The Morgan fingerprint density at radius 1 is 0.482 bits per heavy atom. The van der Waals surface area contributed by atoms with Crippen LogP contribution in [0.2, 0.25) is 0 Å². The summed E-state index contributed by atoms with van der Waals surface area (Å²) in [4.78, 5) is 10.7. The van der Waals surface area contributed by atoms with Crippen LogP contribution in [0, 0.1) is 0 Å². The van der Waals surface area contributed by atoms with E-state index in [4.69, 9.17) is 14.4 Å². The highest BCUT2D eigenvalue weighted by Crippen LogP contribution is 2.42. The van der Waals surface area contributed by atoms with Gasteiger partial charge in [0.15, 0.2) is 5.84 Å². The molecule has 4 nitrogen and oxygen atoms in total. The second-order valence-corrected chi connectivity index (χ2v) is 15.6. The van der Waals surface area contributed by atoms with Gasteiger partial charge < -0.3 is 9.73 Å². The molecular formula is C51H31N3OS. The number of furan rings is 1. The lowest BCUT2D eigenvalue weighted by molar-refractivity contribution is 0.668. The van der Waals surface area contributed by atoms with Crippen LogP contribution in [-0.4, -0.2) is 11.7 Å². The molecular weight excluding hydrogens is 703 g/mol. The topological polar surface area (TPSA) is 49.9 Å². The van der Waals surface area contributed by atoms with E-state index < -0.39 is 0 Å². The molecule has 1 atom stereocenters. The zero-order chi connectivity index (χ0) is 36.7. The van der Waals surface area contributed by atoms with Gasteiger partial charge in [-0.05, 0) is 79.8 Å². The summed E-state index contributed by atoms with van der Waals surface area (Å²) in [7, 11) is 0. The molecule has 9 aromatic carbocycles. The first-order chi connectivity index (χ1) is 27.7. The molecule has 5 heteroatoms. The predicted octanol–water partition coefficient (Wildman–Crippen LogP) is 13.6. The van der Waals surface area contributed by atoms with Crippen molar-refractivity contribution < 1.29 is 4.42 Å². The summed E-state index contributed by atoms with van der Waals surface area (Å²) < 4.78 is 9.17. The maximum Gasteiger partial charge on any atom is 0.160 e. The van der Waals surface area contributed by atoms with Gasteiger partial charge in [-0.15, -0.1) is 11.3 Å². The number of aliphatic imine (C=N–C) groups is 2. The average molecular weight is 734 g/mol. The molecule has 0 saturated heterocycles. The molecule has 2 aromatic heterocycles. The molecule has 0 saturated carbocycles. The number of thiophene rings is 1. The van der Waals surface area contributed by atoms with Crippen molar-refractivity contribution in [2.24, 2.45) is 9.98 Å². The predicted molar refractivity (Wildman–Crippen MR) is 236 cm³/mol. The maximum absolute atomic E-state index is 6.54. The summed E-state index contributed by atoms with van der Waals surface area (Å²) in [6, 6.07) is 62.6. The van der Waals surface area contributed by atoms with Crippen molar-refractivity contribution >= 4 is 97.4 Å². The van der Waals surface area contributed by atoms with E-state index in [1.165, 1.54) is 58.1 Å². The summed E-state index contributed by atoms with van der Waals surface area (Å²) in [5.74, 6) is 1.45. The van der Waals surface area contributed by atoms with Gasteiger partial charge in [0.1, 0.15) is 23.2 Å². The average Bonchev–Trinajstić information content (AvgIpc) is 3.84. The summed E-state index contributed by atoms with van der Waals surface area (Å²) in [5, 5.41) is 15.7. The molecule has 0 fully saturated rings. The lowest BCUT2D eigenvalue weighted by atomic mass is 9.95. The second-order valence-electron chi connectivity index (χ2n) is 14.5. The van der Waals surface area contributed by atoms with Crippen molar-refractivity contribution in [3.05, 3.63) is 193 Å². The van der Waals surface area contributed by atoms with Crippen molar-refractivity contribution in [2.75, 3.05) is 0 Å². The fraction of sp³-hybridized carbons (Fsp3) is 0.0196. The third kappa shape index (κ3) is 4.84. The molecule has 0 radical (unpaired) electrons. The minimum Gasteiger partial charge on any atom is -0.456 e. The minimum atomic E-state index is -0.375. The van der Waals surface area contributed by atoms with Crippen molar-refractivity contribution in [2.45, 2.75) is 6.17 Å². The van der Waals surface area contributed by atoms with Crippen molar-refractivity contribution in [1.29, 1.82) is 0 Å². The van der Waals surface area contributed by atoms with Crippen LogP contribution in [0.25, 0.3) is 85.6 Å². The number of nitrogens with zero attached hydrogens (tertiary/aromatic N) is 2. The SMILES string of the molecule is c1ccc(C2=NC(c3cccc4oc5ccc(-c6ccc7sc8c9ccccc9ccc8c7c6)cc5c34)=NC(c3cc4ccccc4c4ccccc34)N2)cc1. The third-order valence-corrected chi connectivity index (χ3v) is 12.5. The molecule has 0 spiro atoms. The fourth-order valence-electron chi connectivity index (χ4n) is 8.66.